The second-order valence-corrected chi connectivity index (χ2v) is 11.6. The van der Waals surface area contributed by atoms with Gasteiger partial charge in [0.25, 0.3) is 5.91 Å². The molecule has 1 aromatic heterocycles. The lowest BCUT2D eigenvalue weighted by molar-refractivity contribution is -0.136. The molecule has 1 heterocycles. The van der Waals surface area contributed by atoms with E-state index in [1.165, 1.54) is 18.3 Å². The Morgan fingerprint density at radius 2 is 1.49 bits per heavy atom. The van der Waals surface area contributed by atoms with Crippen LogP contribution in [-0.4, -0.2) is 43.2 Å². The maximum atomic E-state index is 13.4. The summed E-state index contributed by atoms with van der Waals surface area (Å²) in [6, 6.07) is 25.5. The summed E-state index contributed by atoms with van der Waals surface area (Å²) >= 11 is 0. The van der Waals surface area contributed by atoms with Crippen LogP contribution in [0.15, 0.2) is 105 Å². The van der Waals surface area contributed by atoms with Crippen molar-refractivity contribution < 1.29 is 27.2 Å². The number of carbonyl (C=O) groups is 3. The molecule has 4 aromatic rings. The number of anilines is 1. The Hall–Kier alpha value is -5.07. The molecule has 43 heavy (non-hydrogen) atoms. The number of hydrazone groups is 1. The van der Waals surface area contributed by atoms with Crippen LogP contribution in [0.4, 0.5) is 5.69 Å². The zero-order chi connectivity index (χ0) is 30.8. The molecule has 0 aliphatic carbocycles. The van der Waals surface area contributed by atoms with Crippen molar-refractivity contribution in [3.05, 3.63) is 119 Å². The van der Waals surface area contributed by atoms with Crippen LogP contribution in [0.5, 0.6) is 0 Å². The summed E-state index contributed by atoms with van der Waals surface area (Å²) in [6.07, 6.45) is 1.24. The molecule has 0 aliphatic heterocycles. The number of hydrogen-bond donors (Lipinski definition) is 3. The molecule has 3 amide bonds. The van der Waals surface area contributed by atoms with Crippen LogP contribution in [0.2, 0.25) is 0 Å². The van der Waals surface area contributed by atoms with Crippen LogP contribution in [-0.2, 0) is 37.5 Å². The summed E-state index contributed by atoms with van der Waals surface area (Å²) in [4.78, 5) is 37.0. The molecule has 0 radical (unpaired) electrons. The lowest BCUT2D eigenvalue weighted by Gasteiger charge is -2.21. The van der Waals surface area contributed by atoms with Gasteiger partial charge in [-0.15, -0.1) is 0 Å². The van der Waals surface area contributed by atoms with Crippen molar-refractivity contribution in [2.45, 2.75) is 31.8 Å². The van der Waals surface area contributed by atoms with Gasteiger partial charge in [-0.3, -0.25) is 14.4 Å². The van der Waals surface area contributed by atoms with Gasteiger partial charge in [-0.2, -0.15) is 9.41 Å². The van der Waals surface area contributed by atoms with Crippen LogP contribution in [0, 0.1) is 13.8 Å². The van der Waals surface area contributed by atoms with Gasteiger partial charge in [0.1, 0.15) is 11.5 Å². The first kappa shape index (κ1) is 30.9. The van der Waals surface area contributed by atoms with E-state index in [0.717, 1.165) is 21.0 Å². The molecule has 0 fully saturated rings. The van der Waals surface area contributed by atoms with Crippen molar-refractivity contribution in [1.29, 1.82) is 0 Å². The summed E-state index contributed by atoms with van der Waals surface area (Å²) in [5.41, 5.74) is 5.48. The molecule has 0 saturated heterocycles. The van der Waals surface area contributed by atoms with Crippen molar-refractivity contribution in [3.8, 4) is 0 Å². The third kappa shape index (κ3) is 8.96. The van der Waals surface area contributed by atoms with Gasteiger partial charge in [0.05, 0.1) is 24.2 Å². The fraction of sp³-hybridized carbons (Fsp3) is 0.161. The Labute approximate surface area is 249 Å². The van der Waals surface area contributed by atoms with Crippen molar-refractivity contribution in [2.75, 3.05) is 11.9 Å². The minimum Gasteiger partial charge on any atom is -0.458 e. The van der Waals surface area contributed by atoms with Crippen LogP contribution in [0.1, 0.15) is 28.2 Å². The number of aryl methyl sites for hydroxylation is 2. The summed E-state index contributed by atoms with van der Waals surface area (Å²) < 4.78 is 33.4. The largest absolute Gasteiger partial charge is 0.458 e. The lowest BCUT2D eigenvalue weighted by Crippen LogP contribution is -2.39. The second-order valence-electron chi connectivity index (χ2n) is 9.67. The van der Waals surface area contributed by atoms with E-state index in [1.807, 2.05) is 32.0 Å². The Balaban J connectivity index is 1.31. The molecule has 0 bridgehead atoms. The molecule has 3 N–H and O–H groups in total. The Kier molecular flexibility index (Phi) is 10.2. The molecule has 0 unspecified atom stereocenters. The van der Waals surface area contributed by atoms with Crippen LogP contribution in [0.3, 0.4) is 0 Å². The Morgan fingerprint density at radius 1 is 0.837 bits per heavy atom. The molecule has 0 spiro atoms. The molecule has 12 heteroatoms. The molecule has 11 nitrogen and oxygen atoms in total. The number of hydrogen-bond acceptors (Lipinski definition) is 7. The van der Waals surface area contributed by atoms with E-state index in [9.17, 15) is 22.8 Å². The highest BCUT2D eigenvalue weighted by molar-refractivity contribution is 7.89. The summed E-state index contributed by atoms with van der Waals surface area (Å²) in [6.45, 7) is 3.24. The highest BCUT2D eigenvalue weighted by Crippen LogP contribution is 2.19. The number of amides is 3. The minimum atomic E-state index is -3.98. The van der Waals surface area contributed by atoms with Crippen molar-refractivity contribution >= 4 is 39.6 Å². The smallest absolute Gasteiger partial charge is 0.313 e. The quantitative estimate of drug-likeness (QED) is 0.136. The lowest BCUT2D eigenvalue weighted by atomic mass is 10.2. The first-order chi connectivity index (χ1) is 20.6. The Morgan fingerprint density at radius 3 is 2.16 bits per heavy atom. The first-order valence-corrected chi connectivity index (χ1v) is 14.7. The van der Waals surface area contributed by atoms with E-state index in [0.29, 0.717) is 11.4 Å². The van der Waals surface area contributed by atoms with E-state index in [-0.39, 0.29) is 23.7 Å². The van der Waals surface area contributed by atoms with E-state index < -0.39 is 34.3 Å². The normalized spacial score (nSPS) is 11.4. The number of carbonyl (C=O) groups excluding carboxylic acids is 3. The molecule has 0 aliphatic rings. The monoisotopic (exact) mass is 601 g/mol. The van der Waals surface area contributed by atoms with E-state index >= 15 is 0 Å². The van der Waals surface area contributed by atoms with Gasteiger partial charge >= 0.3 is 11.8 Å². The average Bonchev–Trinajstić information content (AvgIpc) is 3.45. The molecule has 222 valence electrons. The third-order valence-electron chi connectivity index (χ3n) is 6.18. The highest BCUT2D eigenvalue weighted by atomic mass is 32.2. The average molecular weight is 602 g/mol. The second kappa shape index (κ2) is 14.2. The van der Waals surface area contributed by atoms with Gasteiger partial charge in [-0.1, -0.05) is 65.7 Å². The third-order valence-corrected chi connectivity index (χ3v) is 7.99. The van der Waals surface area contributed by atoms with Crippen LogP contribution < -0.4 is 16.1 Å². The standard InChI is InChI=1S/C31H31N5O6S/c1-22-8-12-25(13-9-22)34-31(39)30(38)32-18-26-14-15-27(42-26)19-33-35-29(37)21-36(20-24-6-4-3-5-7-24)43(40,41)28-16-10-23(2)11-17-28/h3-17,19H,18,20-21H2,1-2H3,(H,32,38)(H,34,39)(H,35,37)/b33-19-. The molecule has 4 rings (SSSR count). The maximum absolute atomic E-state index is 13.4. The fourth-order valence-corrected chi connectivity index (χ4v) is 5.25. The van der Waals surface area contributed by atoms with E-state index in [2.05, 4.69) is 21.2 Å². The van der Waals surface area contributed by atoms with Gasteiger partial charge in [0.2, 0.25) is 10.0 Å². The van der Waals surface area contributed by atoms with Crippen molar-refractivity contribution in [1.82, 2.24) is 15.0 Å². The number of nitrogens with zero attached hydrogens (tertiary/aromatic N) is 2. The number of sulfonamides is 1. The topological polar surface area (TPSA) is 150 Å². The zero-order valence-electron chi connectivity index (χ0n) is 23.6. The fourth-order valence-electron chi connectivity index (χ4n) is 3.87. The highest BCUT2D eigenvalue weighted by Gasteiger charge is 2.27. The van der Waals surface area contributed by atoms with Gasteiger partial charge in [-0.05, 0) is 55.8 Å². The number of furan rings is 1. The Bertz CT molecular complexity index is 1700. The van der Waals surface area contributed by atoms with Crippen LogP contribution in [0.25, 0.3) is 0 Å². The number of rotatable bonds is 11. The zero-order valence-corrected chi connectivity index (χ0v) is 24.4. The van der Waals surface area contributed by atoms with Gasteiger partial charge in [0.15, 0.2) is 0 Å². The van der Waals surface area contributed by atoms with Crippen molar-refractivity contribution in [3.63, 3.8) is 0 Å². The predicted molar refractivity (Wildman–Crippen MR) is 161 cm³/mol. The molecular formula is C31H31N5O6S. The van der Waals surface area contributed by atoms with Crippen molar-refractivity contribution in [2.24, 2.45) is 5.10 Å². The number of benzene rings is 3. The summed E-state index contributed by atoms with van der Waals surface area (Å²) in [5.74, 6) is -1.68. The van der Waals surface area contributed by atoms with E-state index in [1.54, 1.807) is 60.7 Å². The first-order valence-electron chi connectivity index (χ1n) is 13.3. The van der Waals surface area contributed by atoms with Gasteiger partial charge < -0.3 is 15.1 Å². The number of nitrogens with one attached hydrogen (secondary N) is 3. The molecule has 0 atom stereocenters. The summed E-state index contributed by atoms with van der Waals surface area (Å²) in [7, 11) is -3.98. The summed E-state index contributed by atoms with van der Waals surface area (Å²) in [5, 5.41) is 8.85. The van der Waals surface area contributed by atoms with Crippen LogP contribution >= 0.6 is 0 Å². The molecular weight excluding hydrogens is 570 g/mol. The van der Waals surface area contributed by atoms with Gasteiger partial charge in [-0.25, -0.2) is 13.8 Å². The maximum Gasteiger partial charge on any atom is 0.313 e. The minimum absolute atomic E-state index is 0.00943. The SMILES string of the molecule is Cc1ccc(NC(=O)C(=O)NCc2ccc(/C=N\NC(=O)CN(Cc3ccccc3)S(=O)(=O)c3ccc(C)cc3)o2)cc1. The predicted octanol–water partition coefficient (Wildman–Crippen LogP) is 3.49. The molecule has 3 aromatic carbocycles. The molecule has 0 saturated carbocycles. The van der Waals surface area contributed by atoms with E-state index in [4.69, 9.17) is 4.42 Å². The van der Waals surface area contributed by atoms with Gasteiger partial charge in [0, 0.05) is 12.2 Å².